The standard InChI is InChI=1S/C14H18O2/c1-9(2)7-10-3-5-11(6-4-10)12-8-13(12)14(15)16/h3-6,9,12-13H,7-8H2,1-2H3,(H,15,16). The first-order valence-corrected chi connectivity index (χ1v) is 5.89. The van der Waals surface area contributed by atoms with Crippen molar-refractivity contribution in [2.24, 2.45) is 11.8 Å². The number of benzene rings is 1. The highest BCUT2D eigenvalue weighted by molar-refractivity contribution is 5.75. The van der Waals surface area contributed by atoms with E-state index in [1.165, 1.54) is 11.1 Å². The maximum absolute atomic E-state index is 10.8. The summed E-state index contributed by atoms with van der Waals surface area (Å²) in [7, 11) is 0. The molecule has 0 heterocycles. The molecule has 2 atom stereocenters. The molecule has 2 heteroatoms. The molecule has 0 spiro atoms. The third-order valence-electron chi connectivity index (χ3n) is 3.16. The molecule has 2 nitrogen and oxygen atoms in total. The largest absolute Gasteiger partial charge is 0.481 e. The number of carboxylic acids is 1. The lowest BCUT2D eigenvalue weighted by Gasteiger charge is -2.06. The van der Waals surface area contributed by atoms with Crippen LogP contribution in [0, 0.1) is 11.8 Å². The first-order valence-electron chi connectivity index (χ1n) is 5.89. The number of carboxylic acid groups (broad SMARTS) is 1. The molecule has 0 amide bonds. The molecule has 16 heavy (non-hydrogen) atoms. The number of rotatable bonds is 4. The highest BCUT2D eigenvalue weighted by Crippen LogP contribution is 2.47. The molecule has 1 fully saturated rings. The summed E-state index contributed by atoms with van der Waals surface area (Å²) < 4.78 is 0. The molecule has 2 rings (SSSR count). The van der Waals surface area contributed by atoms with Crippen LogP contribution in [0.3, 0.4) is 0 Å². The monoisotopic (exact) mass is 218 g/mol. The van der Waals surface area contributed by atoms with Crippen LogP contribution in [0.5, 0.6) is 0 Å². The van der Waals surface area contributed by atoms with Crippen LogP contribution in [0.2, 0.25) is 0 Å². The van der Waals surface area contributed by atoms with Gasteiger partial charge in [-0.1, -0.05) is 38.1 Å². The summed E-state index contributed by atoms with van der Waals surface area (Å²) in [6.45, 7) is 4.41. The van der Waals surface area contributed by atoms with Crippen LogP contribution in [-0.4, -0.2) is 11.1 Å². The molecule has 1 aliphatic rings. The van der Waals surface area contributed by atoms with Gasteiger partial charge in [0.15, 0.2) is 0 Å². The lowest BCUT2D eigenvalue weighted by molar-refractivity contribution is -0.138. The molecule has 1 aromatic rings. The van der Waals surface area contributed by atoms with E-state index >= 15 is 0 Å². The maximum Gasteiger partial charge on any atom is 0.307 e. The molecular weight excluding hydrogens is 200 g/mol. The first-order chi connectivity index (χ1) is 7.58. The zero-order valence-corrected chi connectivity index (χ0v) is 9.81. The summed E-state index contributed by atoms with van der Waals surface area (Å²) in [5, 5.41) is 8.86. The van der Waals surface area contributed by atoms with Gasteiger partial charge in [0.1, 0.15) is 0 Å². The zero-order valence-electron chi connectivity index (χ0n) is 9.81. The van der Waals surface area contributed by atoms with Crippen LogP contribution in [0.15, 0.2) is 24.3 Å². The molecule has 0 bridgehead atoms. The average molecular weight is 218 g/mol. The number of hydrogen-bond donors (Lipinski definition) is 1. The van der Waals surface area contributed by atoms with Crippen molar-refractivity contribution in [3.8, 4) is 0 Å². The Morgan fingerprint density at radius 1 is 1.38 bits per heavy atom. The zero-order chi connectivity index (χ0) is 11.7. The number of carbonyl (C=O) groups is 1. The second-order valence-corrected chi connectivity index (χ2v) is 5.13. The van der Waals surface area contributed by atoms with Crippen molar-refractivity contribution in [1.82, 2.24) is 0 Å². The summed E-state index contributed by atoms with van der Waals surface area (Å²) in [4.78, 5) is 10.8. The fourth-order valence-corrected chi connectivity index (χ4v) is 2.21. The average Bonchev–Trinajstić information content (AvgIpc) is 2.97. The van der Waals surface area contributed by atoms with Gasteiger partial charge in [0, 0.05) is 0 Å². The molecule has 1 aliphatic carbocycles. The van der Waals surface area contributed by atoms with Crippen LogP contribution < -0.4 is 0 Å². The van der Waals surface area contributed by atoms with Gasteiger partial charge in [-0.25, -0.2) is 0 Å². The van der Waals surface area contributed by atoms with Crippen molar-refractivity contribution >= 4 is 5.97 Å². The van der Waals surface area contributed by atoms with Crippen molar-refractivity contribution in [2.75, 3.05) is 0 Å². The molecule has 0 saturated heterocycles. The summed E-state index contributed by atoms with van der Waals surface area (Å²) >= 11 is 0. The van der Waals surface area contributed by atoms with Crippen LogP contribution in [-0.2, 0) is 11.2 Å². The topological polar surface area (TPSA) is 37.3 Å². The van der Waals surface area contributed by atoms with Crippen LogP contribution in [0.25, 0.3) is 0 Å². The fourth-order valence-electron chi connectivity index (χ4n) is 2.21. The van der Waals surface area contributed by atoms with E-state index in [4.69, 9.17) is 5.11 Å². The van der Waals surface area contributed by atoms with Crippen molar-refractivity contribution in [3.63, 3.8) is 0 Å². The second kappa shape index (κ2) is 4.28. The summed E-state index contributed by atoms with van der Waals surface area (Å²) in [6.07, 6.45) is 1.90. The predicted molar refractivity (Wildman–Crippen MR) is 63.5 cm³/mol. The lowest BCUT2D eigenvalue weighted by atomic mass is 10.0. The van der Waals surface area contributed by atoms with E-state index in [1.54, 1.807) is 0 Å². The molecule has 0 radical (unpaired) electrons. The number of hydrogen-bond acceptors (Lipinski definition) is 1. The van der Waals surface area contributed by atoms with Gasteiger partial charge in [0.25, 0.3) is 0 Å². The molecule has 0 aliphatic heterocycles. The van der Waals surface area contributed by atoms with E-state index in [-0.39, 0.29) is 11.8 Å². The minimum Gasteiger partial charge on any atom is -0.481 e. The van der Waals surface area contributed by atoms with Gasteiger partial charge < -0.3 is 5.11 Å². The van der Waals surface area contributed by atoms with Crippen molar-refractivity contribution in [1.29, 1.82) is 0 Å². The molecule has 1 N–H and O–H groups in total. The lowest BCUT2D eigenvalue weighted by Crippen LogP contribution is -1.99. The second-order valence-electron chi connectivity index (χ2n) is 5.13. The fraction of sp³-hybridized carbons (Fsp3) is 0.500. The van der Waals surface area contributed by atoms with Gasteiger partial charge in [-0.05, 0) is 35.8 Å². The van der Waals surface area contributed by atoms with E-state index in [1.807, 2.05) is 0 Å². The van der Waals surface area contributed by atoms with Gasteiger partial charge in [-0.15, -0.1) is 0 Å². The highest BCUT2D eigenvalue weighted by atomic mass is 16.4. The van der Waals surface area contributed by atoms with Gasteiger partial charge >= 0.3 is 5.97 Å². The van der Waals surface area contributed by atoms with E-state index < -0.39 is 5.97 Å². The van der Waals surface area contributed by atoms with Gasteiger partial charge in [-0.3, -0.25) is 4.79 Å². The predicted octanol–water partition coefficient (Wildman–Crippen LogP) is 3.07. The van der Waals surface area contributed by atoms with E-state index in [9.17, 15) is 4.79 Å². The summed E-state index contributed by atoms with van der Waals surface area (Å²) in [5.74, 6) is 0.122. The Labute approximate surface area is 96.3 Å². The Balaban J connectivity index is 2.01. The minimum absolute atomic E-state index is 0.143. The first kappa shape index (κ1) is 11.2. The Morgan fingerprint density at radius 3 is 2.44 bits per heavy atom. The summed E-state index contributed by atoms with van der Waals surface area (Å²) in [5.41, 5.74) is 2.52. The van der Waals surface area contributed by atoms with Crippen LogP contribution in [0.1, 0.15) is 37.3 Å². The number of aliphatic carboxylic acids is 1. The summed E-state index contributed by atoms with van der Waals surface area (Å²) in [6, 6.07) is 8.44. The molecule has 1 saturated carbocycles. The maximum atomic E-state index is 10.8. The Hall–Kier alpha value is -1.31. The van der Waals surface area contributed by atoms with Crippen LogP contribution >= 0.6 is 0 Å². The minimum atomic E-state index is -0.656. The van der Waals surface area contributed by atoms with Gasteiger partial charge in [0.05, 0.1) is 5.92 Å². The molecular formula is C14H18O2. The SMILES string of the molecule is CC(C)Cc1ccc(C2CC2C(=O)O)cc1. The highest BCUT2D eigenvalue weighted by Gasteiger charge is 2.43. The Morgan fingerprint density at radius 2 is 2.00 bits per heavy atom. The molecule has 0 aromatic heterocycles. The molecule has 1 aromatic carbocycles. The molecule has 86 valence electrons. The smallest absolute Gasteiger partial charge is 0.307 e. The van der Waals surface area contributed by atoms with Crippen LogP contribution in [0.4, 0.5) is 0 Å². The van der Waals surface area contributed by atoms with E-state index in [0.717, 1.165) is 12.8 Å². The Kier molecular flexibility index (Phi) is 2.99. The van der Waals surface area contributed by atoms with Crippen molar-refractivity contribution < 1.29 is 9.90 Å². The van der Waals surface area contributed by atoms with Crippen molar-refractivity contribution in [2.45, 2.75) is 32.6 Å². The van der Waals surface area contributed by atoms with E-state index in [0.29, 0.717) is 5.92 Å². The quantitative estimate of drug-likeness (QED) is 0.843. The van der Waals surface area contributed by atoms with Gasteiger partial charge in [-0.2, -0.15) is 0 Å². The van der Waals surface area contributed by atoms with Gasteiger partial charge in [0.2, 0.25) is 0 Å². The third-order valence-corrected chi connectivity index (χ3v) is 3.16. The molecule has 2 unspecified atom stereocenters. The Bertz CT molecular complexity index is 378. The third kappa shape index (κ3) is 2.43. The van der Waals surface area contributed by atoms with E-state index in [2.05, 4.69) is 38.1 Å². The van der Waals surface area contributed by atoms with Crippen molar-refractivity contribution in [3.05, 3.63) is 35.4 Å². The normalized spacial score (nSPS) is 23.4.